The second kappa shape index (κ2) is 6.95. The van der Waals surface area contributed by atoms with E-state index in [0.29, 0.717) is 36.2 Å². The molecule has 1 aliphatic rings. The highest BCUT2D eigenvalue weighted by Gasteiger charge is 2.44. The molecule has 0 amide bonds. The lowest BCUT2D eigenvalue weighted by atomic mass is 9.78. The number of methoxy groups -OCH3 is 2. The Morgan fingerprint density at radius 3 is 2.59 bits per heavy atom. The Morgan fingerprint density at radius 2 is 2.04 bits per heavy atom. The molecule has 0 unspecified atom stereocenters. The number of esters is 1. The fourth-order valence-corrected chi connectivity index (χ4v) is 3.47. The molecule has 8 nitrogen and oxygen atoms in total. The van der Waals surface area contributed by atoms with Gasteiger partial charge in [0, 0.05) is 19.2 Å². The van der Waals surface area contributed by atoms with Gasteiger partial charge < -0.3 is 14.5 Å². The lowest BCUT2D eigenvalue weighted by Gasteiger charge is -2.36. The topological polar surface area (TPSA) is 99.1 Å². The quantitative estimate of drug-likeness (QED) is 0.804. The van der Waals surface area contributed by atoms with Crippen LogP contribution in [0.5, 0.6) is 0 Å². The summed E-state index contributed by atoms with van der Waals surface area (Å²) in [5, 5.41) is 3.77. The molecule has 2 heterocycles. The SMILES string of the molecule is COC(=O)C1(OC)CCC(c2nc3nn(CC(F)(F)F)cc3c(=O)[nH]2)CC1. The molecule has 1 aliphatic carbocycles. The third-order valence-corrected chi connectivity index (χ3v) is 4.92. The van der Waals surface area contributed by atoms with E-state index in [1.54, 1.807) is 0 Å². The normalized spacial score (nSPS) is 23.5. The molecular formula is C16H19F3N4O4. The molecule has 0 atom stereocenters. The van der Waals surface area contributed by atoms with Crippen molar-refractivity contribution < 1.29 is 27.4 Å². The summed E-state index contributed by atoms with van der Waals surface area (Å²) >= 11 is 0. The first-order valence-electron chi connectivity index (χ1n) is 8.35. The first-order chi connectivity index (χ1) is 12.7. The maximum atomic E-state index is 12.5. The molecule has 11 heteroatoms. The van der Waals surface area contributed by atoms with Crippen molar-refractivity contribution in [1.82, 2.24) is 19.7 Å². The fourth-order valence-electron chi connectivity index (χ4n) is 3.47. The number of aromatic nitrogens is 4. The molecule has 1 fully saturated rings. The van der Waals surface area contributed by atoms with Gasteiger partial charge in [-0.3, -0.25) is 9.48 Å². The fraction of sp³-hybridized carbons (Fsp3) is 0.625. The number of alkyl halides is 3. The van der Waals surface area contributed by atoms with Crippen LogP contribution in [0.25, 0.3) is 11.0 Å². The van der Waals surface area contributed by atoms with Crippen LogP contribution in [0.3, 0.4) is 0 Å². The van der Waals surface area contributed by atoms with Crippen molar-refractivity contribution in [3.8, 4) is 0 Å². The number of carbonyl (C=O) groups excluding carboxylic acids is 1. The van der Waals surface area contributed by atoms with Gasteiger partial charge in [-0.25, -0.2) is 9.78 Å². The minimum atomic E-state index is -4.45. The molecule has 0 aliphatic heterocycles. The molecule has 0 radical (unpaired) electrons. The van der Waals surface area contributed by atoms with Crippen molar-refractivity contribution >= 4 is 17.0 Å². The maximum Gasteiger partial charge on any atom is 0.408 e. The highest BCUT2D eigenvalue weighted by molar-refractivity contribution is 5.79. The maximum absolute atomic E-state index is 12.5. The summed E-state index contributed by atoms with van der Waals surface area (Å²) in [7, 11) is 2.73. The van der Waals surface area contributed by atoms with Gasteiger partial charge in [-0.05, 0) is 25.7 Å². The average Bonchev–Trinajstić information content (AvgIpc) is 3.02. The smallest absolute Gasteiger partial charge is 0.408 e. The second-order valence-corrected chi connectivity index (χ2v) is 6.59. The number of halogens is 3. The van der Waals surface area contributed by atoms with Gasteiger partial charge in [0.1, 0.15) is 17.8 Å². The summed E-state index contributed by atoms with van der Waals surface area (Å²) in [6.07, 6.45) is -1.65. The van der Waals surface area contributed by atoms with Crippen LogP contribution >= 0.6 is 0 Å². The molecule has 0 aromatic carbocycles. The van der Waals surface area contributed by atoms with Crippen LogP contribution in [-0.4, -0.2) is 51.7 Å². The van der Waals surface area contributed by atoms with E-state index >= 15 is 0 Å². The summed E-state index contributed by atoms with van der Waals surface area (Å²) in [6, 6.07) is 0. The first kappa shape index (κ1) is 19.3. The number of nitrogens with one attached hydrogen (secondary N) is 1. The molecular weight excluding hydrogens is 369 g/mol. The Kier molecular flexibility index (Phi) is 4.98. The molecule has 148 valence electrons. The largest absolute Gasteiger partial charge is 0.467 e. The Hall–Kier alpha value is -2.43. The second-order valence-electron chi connectivity index (χ2n) is 6.59. The van der Waals surface area contributed by atoms with Crippen LogP contribution in [0.2, 0.25) is 0 Å². The van der Waals surface area contributed by atoms with Crippen molar-refractivity contribution in [2.45, 2.75) is 49.9 Å². The van der Waals surface area contributed by atoms with E-state index < -0.39 is 29.9 Å². The molecule has 0 saturated heterocycles. The van der Waals surface area contributed by atoms with E-state index in [0.717, 1.165) is 6.20 Å². The number of rotatable bonds is 4. The van der Waals surface area contributed by atoms with Gasteiger partial charge in [0.15, 0.2) is 11.2 Å². The zero-order valence-corrected chi connectivity index (χ0v) is 14.8. The average molecular weight is 388 g/mol. The van der Waals surface area contributed by atoms with Gasteiger partial charge in [-0.15, -0.1) is 0 Å². The number of hydrogen-bond acceptors (Lipinski definition) is 6. The Bertz CT molecular complexity index is 897. The predicted molar refractivity (Wildman–Crippen MR) is 87.2 cm³/mol. The lowest BCUT2D eigenvalue weighted by Crippen LogP contribution is -2.44. The Labute approximate surface area is 151 Å². The minimum absolute atomic E-state index is 0.000362. The number of H-pyrrole nitrogens is 1. The first-order valence-corrected chi connectivity index (χ1v) is 8.35. The van der Waals surface area contributed by atoms with Crippen molar-refractivity contribution in [2.75, 3.05) is 14.2 Å². The van der Waals surface area contributed by atoms with Crippen molar-refractivity contribution in [3.05, 3.63) is 22.4 Å². The number of aromatic amines is 1. The Morgan fingerprint density at radius 1 is 1.37 bits per heavy atom. The van der Waals surface area contributed by atoms with Crippen LogP contribution in [0.1, 0.15) is 37.4 Å². The van der Waals surface area contributed by atoms with E-state index in [2.05, 4.69) is 15.1 Å². The van der Waals surface area contributed by atoms with Crippen molar-refractivity contribution in [3.63, 3.8) is 0 Å². The lowest BCUT2D eigenvalue weighted by molar-refractivity contribution is -0.170. The van der Waals surface area contributed by atoms with Gasteiger partial charge in [0.25, 0.3) is 5.56 Å². The number of ether oxygens (including phenoxy) is 2. The van der Waals surface area contributed by atoms with E-state index in [-0.39, 0.29) is 17.0 Å². The van der Waals surface area contributed by atoms with Crippen molar-refractivity contribution in [1.29, 1.82) is 0 Å². The van der Waals surface area contributed by atoms with E-state index in [9.17, 15) is 22.8 Å². The summed E-state index contributed by atoms with van der Waals surface area (Å²) in [5.74, 6) is -0.270. The van der Waals surface area contributed by atoms with Gasteiger partial charge in [-0.2, -0.15) is 18.3 Å². The van der Waals surface area contributed by atoms with Crippen LogP contribution in [0, 0.1) is 0 Å². The molecule has 27 heavy (non-hydrogen) atoms. The molecule has 3 rings (SSSR count). The number of fused-ring (bicyclic) bond motifs is 1. The van der Waals surface area contributed by atoms with Gasteiger partial charge in [0.05, 0.1) is 7.11 Å². The number of nitrogens with zero attached hydrogens (tertiary/aromatic N) is 3. The summed E-state index contributed by atoms with van der Waals surface area (Å²) < 4.78 is 48.4. The minimum Gasteiger partial charge on any atom is -0.467 e. The third-order valence-electron chi connectivity index (χ3n) is 4.92. The molecule has 0 spiro atoms. The third kappa shape index (κ3) is 3.82. The molecule has 2 aromatic rings. The van der Waals surface area contributed by atoms with Gasteiger partial charge in [0.2, 0.25) is 0 Å². The standard InChI is InChI=1S/C16H19F3N4O4/c1-26-14(25)15(27-2)5-3-9(4-6-15)11-20-12-10(13(24)21-11)7-23(22-12)8-16(17,18)19/h7,9H,3-6,8H2,1-2H3,(H,20,21,22,24). The van der Waals surface area contributed by atoms with Gasteiger partial charge in [-0.1, -0.05) is 0 Å². The zero-order valence-electron chi connectivity index (χ0n) is 14.8. The molecule has 2 aromatic heterocycles. The highest BCUT2D eigenvalue weighted by atomic mass is 19.4. The monoisotopic (exact) mass is 388 g/mol. The van der Waals surface area contributed by atoms with Crippen molar-refractivity contribution in [2.24, 2.45) is 0 Å². The van der Waals surface area contributed by atoms with Crippen LogP contribution < -0.4 is 5.56 Å². The number of hydrogen-bond donors (Lipinski definition) is 1. The van der Waals surface area contributed by atoms with E-state index in [1.165, 1.54) is 14.2 Å². The summed E-state index contributed by atoms with van der Waals surface area (Å²) in [6.45, 7) is -1.29. The van der Waals surface area contributed by atoms with E-state index in [4.69, 9.17) is 9.47 Å². The highest BCUT2D eigenvalue weighted by Crippen LogP contribution is 2.39. The summed E-state index contributed by atoms with van der Waals surface area (Å²) in [4.78, 5) is 31.1. The van der Waals surface area contributed by atoms with Gasteiger partial charge >= 0.3 is 12.1 Å². The van der Waals surface area contributed by atoms with Crippen LogP contribution in [-0.2, 0) is 20.8 Å². The summed E-state index contributed by atoms with van der Waals surface area (Å²) in [5.41, 5.74) is -1.60. The predicted octanol–water partition coefficient (Wildman–Crippen LogP) is 1.90. The van der Waals surface area contributed by atoms with Crippen LogP contribution in [0.15, 0.2) is 11.0 Å². The number of carbonyl (C=O) groups is 1. The molecule has 0 bridgehead atoms. The molecule has 1 saturated carbocycles. The Balaban J connectivity index is 1.84. The zero-order chi connectivity index (χ0) is 19.8. The van der Waals surface area contributed by atoms with Crippen LogP contribution in [0.4, 0.5) is 13.2 Å². The molecule has 1 N–H and O–H groups in total. The van der Waals surface area contributed by atoms with E-state index in [1.807, 2.05) is 0 Å².